The molecule has 4 rings (SSSR count). The number of carbonyl (C=O) groups excluding carboxylic acids is 1. The maximum Gasteiger partial charge on any atom is 0.348 e. The van der Waals surface area contributed by atoms with Crippen LogP contribution < -0.4 is 0 Å². The van der Waals surface area contributed by atoms with E-state index in [0.717, 1.165) is 28.7 Å². The molecular formula is C28H38N4O5S. The van der Waals surface area contributed by atoms with Crippen LogP contribution in [0.2, 0.25) is 0 Å². The number of aryl methyl sites for hydroxylation is 2. The summed E-state index contributed by atoms with van der Waals surface area (Å²) in [4.78, 5) is 23.7. The molecule has 3 aromatic rings. The first kappa shape index (κ1) is 28.3. The van der Waals surface area contributed by atoms with E-state index < -0.39 is 22.2 Å². The highest BCUT2D eigenvalue weighted by Gasteiger charge is 2.34. The summed E-state index contributed by atoms with van der Waals surface area (Å²) < 4.78 is 26.1. The second-order valence-electron chi connectivity index (χ2n) is 10.8. The smallest absolute Gasteiger partial charge is 0.297 e. The van der Waals surface area contributed by atoms with E-state index in [1.165, 1.54) is 0 Å². The zero-order chi connectivity index (χ0) is 27.5. The zero-order valence-corrected chi connectivity index (χ0v) is 23.6. The topological polar surface area (TPSA) is 110 Å². The lowest BCUT2D eigenvalue weighted by Crippen LogP contribution is -2.31. The van der Waals surface area contributed by atoms with Gasteiger partial charge in [-0.25, -0.2) is 4.79 Å². The lowest BCUT2D eigenvalue weighted by molar-refractivity contribution is -0.287. The van der Waals surface area contributed by atoms with Crippen molar-refractivity contribution in [3.05, 3.63) is 76.6 Å². The Bertz CT molecular complexity index is 1280. The van der Waals surface area contributed by atoms with Gasteiger partial charge in [-0.1, -0.05) is 48.5 Å². The van der Waals surface area contributed by atoms with Crippen LogP contribution in [0.1, 0.15) is 55.6 Å². The normalized spacial score (nSPS) is 18.4. The van der Waals surface area contributed by atoms with Crippen molar-refractivity contribution in [1.82, 2.24) is 19.3 Å². The van der Waals surface area contributed by atoms with E-state index in [0.29, 0.717) is 36.6 Å². The molecule has 0 amide bonds. The predicted octanol–water partition coefficient (Wildman–Crippen LogP) is 5.57. The van der Waals surface area contributed by atoms with Crippen molar-refractivity contribution in [1.29, 1.82) is 0 Å². The van der Waals surface area contributed by atoms with Crippen molar-refractivity contribution >= 4 is 16.7 Å². The van der Waals surface area contributed by atoms with Gasteiger partial charge in [0, 0.05) is 19.6 Å². The number of hydrogen-bond acceptors (Lipinski definition) is 8. The molecule has 10 heteroatoms. The van der Waals surface area contributed by atoms with E-state index in [1.54, 1.807) is 15.2 Å². The van der Waals surface area contributed by atoms with Crippen molar-refractivity contribution in [2.24, 2.45) is 11.3 Å². The molecule has 206 valence electrons. The fraction of sp³-hybridized carbons (Fsp3) is 0.464. The third-order valence-electron chi connectivity index (χ3n) is 6.92. The number of rotatable bonds is 9. The lowest BCUT2D eigenvalue weighted by atomic mass is 9.85. The van der Waals surface area contributed by atoms with Gasteiger partial charge < -0.3 is 0 Å². The Morgan fingerprint density at radius 1 is 1.21 bits per heavy atom. The molecule has 1 aliphatic rings. The van der Waals surface area contributed by atoms with E-state index in [2.05, 4.69) is 17.2 Å². The average molecular weight is 543 g/mol. The SMILES string of the molecule is CCn1cc(COOC(=O)C(C)(C)Cc2ccc(C)c(CN3CC(C)Cc4ccccc4S3(O)O)c2)nn1. The van der Waals surface area contributed by atoms with Crippen molar-refractivity contribution in [2.75, 3.05) is 6.54 Å². The Kier molecular flexibility index (Phi) is 8.59. The molecule has 1 atom stereocenters. The molecule has 0 spiro atoms. The molecule has 0 bridgehead atoms. The number of aromatic nitrogens is 3. The van der Waals surface area contributed by atoms with Crippen molar-refractivity contribution in [3.63, 3.8) is 0 Å². The number of benzene rings is 2. The summed E-state index contributed by atoms with van der Waals surface area (Å²) in [5, 5.41) is 7.91. The van der Waals surface area contributed by atoms with E-state index in [-0.39, 0.29) is 12.5 Å². The van der Waals surface area contributed by atoms with Crippen LogP contribution in [0.5, 0.6) is 0 Å². The van der Waals surface area contributed by atoms with Gasteiger partial charge in [0.25, 0.3) is 0 Å². The molecule has 1 unspecified atom stereocenters. The minimum atomic E-state index is -3.13. The minimum absolute atomic E-state index is 0.0281. The molecule has 0 aliphatic carbocycles. The number of carbonyl (C=O) groups is 1. The van der Waals surface area contributed by atoms with Crippen LogP contribution in [-0.4, -0.2) is 40.9 Å². The van der Waals surface area contributed by atoms with Crippen LogP contribution in [0.25, 0.3) is 0 Å². The van der Waals surface area contributed by atoms with Gasteiger partial charge >= 0.3 is 5.97 Å². The van der Waals surface area contributed by atoms with Gasteiger partial charge in [0.05, 0.1) is 16.5 Å². The summed E-state index contributed by atoms with van der Waals surface area (Å²) in [5.41, 5.74) is 3.74. The van der Waals surface area contributed by atoms with E-state index in [4.69, 9.17) is 9.78 Å². The molecule has 0 radical (unpaired) electrons. The highest BCUT2D eigenvalue weighted by atomic mass is 32.3. The van der Waals surface area contributed by atoms with Crippen LogP contribution >= 0.6 is 10.8 Å². The van der Waals surface area contributed by atoms with Crippen LogP contribution in [0.4, 0.5) is 0 Å². The fourth-order valence-electron chi connectivity index (χ4n) is 4.72. The second-order valence-corrected chi connectivity index (χ2v) is 12.8. The molecule has 38 heavy (non-hydrogen) atoms. The molecule has 1 aromatic heterocycles. The summed E-state index contributed by atoms with van der Waals surface area (Å²) in [6, 6.07) is 13.7. The van der Waals surface area contributed by atoms with Gasteiger partial charge in [0.1, 0.15) is 12.3 Å². The molecular weight excluding hydrogens is 504 g/mol. The lowest BCUT2D eigenvalue weighted by Gasteiger charge is -2.43. The van der Waals surface area contributed by atoms with Gasteiger partial charge in [-0.3, -0.25) is 18.7 Å². The Hall–Kier alpha value is -2.76. The summed E-state index contributed by atoms with van der Waals surface area (Å²) in [6.07, 6.45) is 2.98. The third-order valence-corrected chi connectivity index (χ3v) is 8.91. The molecule has 2 aromatic carbocycles. The van der Waals surface area contributed by atoms with Gasteiger partial charge in [-0.05, 0) is 74.8 Å². The van der Waals surface area contributed by atoms with E-state index in [9.17, 15) is 13.9 Å². The molecule has 9 nitrogen and oxygen atoms in total. The van der Waals surface area contributed by atoms with Gasteiger partial charge in [0.15, 0.2) is 0 Å². The molecule has 0 saturated heterocycles. The van der Waals surface area contributed by atoms with E-state index in [1.807, 2.05) is 70.2 Å². The predicted molar refractivity (Wildman–Crippen MR) is 146 cm³/mol. The van der Waals surface area contributed by atoms with Gasteiger partial charge in [0.2, 0.25) is 0 Å². The Labute approximate surface area is 226 Å². The molecule has 0 saturated carbocycles. The zero-order valence-electron chi connectivity index (χ0n) is 22.8. The maximum absolute atomic E-state index is 12.8. The summed E-state index contributed by atoms with van der Waals surface area (Å²) >= 11 is 0. The first-order valence-electron chi connectivity index (χ1n) is 12.9. The average Bonchev–Trinajstić information content (AvgIpc) is 3.30. The third kappa shape index (κ3) is 6.44. The highest BCUT2D eigenvalue weighted by Crippen LogP contribution is 2.55. The molecule has 1 aliphatic heterocycles. The largest absolute Gasteiger partial charge is 0.348 e. The standard InChI is InChI=1S/C28H38N4O5S/c1-6-31-18-25(29-30-31)19-36-37-27(33)28(4,5)15-22-12-11-21(3)24(14-22)17-32-16-20(2)13-23-9-7-8-10-26(23)38(32,34)35/h7-12,14,18,20,34-35H,6,13,15-17,19H2,1-5H3. The molecule has 2 N–H and O–H groups in total. The van der Waals surface area contributed by atoms with Crippen LogP contribution in [0.3, 0.4) is 0 Å². The summed E-state index contributed by atoms with van der Waals surface area (Å²) in [5.74, 6) is -0.205. The fourth-order valence-corrected chi connectivity index (χ4v) is 6.54. The highest BCUT2D eigenvalue weighted by molar-refractivity contribution is 8.22. The van der Waals surface area contributed by atoms with Crippen molar-refractivity contribution in [3.8, 4) is 0 Å². The summed E-state index contributed by atoms with van der Waals surface area (Å²) in [7, 11) is -3.13. The first-order chi connectivity index (χ1) is 18.0. The number of nitrogens with zero attached hydrogens (tertiary/aromatic N) is 4. The van der Waals surface area contributed by atoms with Crippen LogP contribution in [-0.2, 0) is 47.1 Å². The first-order valence-corrected chi connectivity index (χ1v) is 14.4. The van der Waals surface area contributed by atoms with Crippen LogP contribution in [0, 0.1) is 18.3 Å². The Balaban J connectivity index is 1.44. The van der Waals surface area contributed by atoms with Gasteiger partial charge in [-0.15, -0.1) is 15.9 Å². The van der Waals surface area contributed by atoms with Crippen molar-refractivity contribution < 1.29 is 23.7 Å². The number of fused-ring (bicyclic) bond motifs is 1. The Morgan fingerprint density at radius 2 is 1.97 bits per heavy atom. The van der Waals surface area contributed by atoms with Gasteiger partial charge in [-0.2, -0.15) is 9.19 Å². The monoisotopic (exact) mass is 542 g/mol. The maximum atomic E-state index is 12.8. The minimum Gasteiger partial charge on any atom is -0.297 e. The molecule has 2 heterocycles. The number of hydrogen-bond donors (Lipinski definition) is 2. The van der Waals surface area contributed by atoms with Crippen molar-refractivity contribution in [2.45, 2.75) is 72.1 Å². The van der Waals surface area contributed by atoms with E-state index >= 15 is 0 Å². The van der Waals surface area contributed by atoms with Crippen LogP contribution in [0.15, 0.2) is 53.6 Å². The Morgan fingerprint density at radius 3 is 2.71 bits per heavy atom. The second kappa shape index (κ2) is 11.5. The summed E-state index contributed by atoms with van der Waals surface area (Å²) in [6.45, 7) is 11.4. The quantitative estimate of drug-likeness (QED) is 0.267. The molecule has 0 fully saturated rings.